The minimum Gasteiger partial charge on any atom is -0.488 e. The van der Waals surface area contributed by atoms with E-state index < -0.39 is 41.5 Å². The molecule has 0 heterocycles. The van der Waals surface area contributed by atoms with Gasteiger partial charge in [-0.25, -0.2) is 4.79 Å². The molecule has 0 saturated heterocycles. The lowest BCUT2D eigenvalue weighted by molar-refractivity contribution is -0.155. The highest BCUT2D eigenvalue weighted by molar-refractivity contribution is 5.92. The van der Waals surface area contributed by atoms with Gasteiger partial charge in [0.25, 0.3) is 0 Å². The minimum absolute atomic E-state index is 0. The summed E-state index contributed by atoms with van der Waals surface area (Å²) in [6.45, 7) is 14.7. The van der Waals surface area contributed by atoms with Gasteiger partial charge in [-0.05, 0) is 78.0 Å². The Labute approximate surface area is 244 Å². The van der Waals surface area contributed by atoms with Crippen molar-refractivity contribution in [3.63, 3.8) is 0 Å². The fraction of sp³-hybridized carbons (Fsp3) is 0.655. The number of carbonyl (C=O) groups excluding carboxylic acids is 4. The van der Waals surface area contributed by atoms with Gasteiger partial charge in [0.1, 0.15) is 29.0 Å². The fourth-order valence-electron chi connectivity index (χ4n) is 3.67. The van der Waals surface area contributed by atoms with Crippen molar-refractivity contribution in [2.75, 3.05) is 7.11 Å². The predicted molar refractivity (Wildman–Crippen MR) is 156 cm³/mol. The number of methoxy groups -OCH3 is 1. The van der Waals surface area contributed by atoms with E-state index in [9.17, 15) is 19.2 Å². The second-order valence-corrected chi connectivity index (χ2v) is 12.0. The van der Waals surface area contributed by atoms with E-state index in [0.29, 0.717) is 12.2 Å². The van der Waals surface area contributed by atoms with Crippen LogP contribution in [0, 0.1) is 5.92 Å². The number of esters is 2. The van der Waals surface area contributed by atoms with Crippen molar-refractivity contribution >= 4 is 36.2 Å². The Morgan fingerprint density at radius 1 is 0.900 bits per heavy atom. The van der Waals surface area contributed by atoms with Gasteiger partial charge in [0.15, 0.2) is 0 Å². The molecule has 1 aromatic carbocycles. The molecule has 40 heavy (non-hydrogen) atoms. The smallest absolute Gasteiger partial charge is 0.328 e. The zero-order valence-corrected chi connectivity index (χ0v) is 26.1. The number of amides is 2. The molecule has 0 unspecified atom stereocenters. The number of nitrogens with one attached hydrogen (secondary N) is 2. The van der Waals surface area contributed by atoms with E-state index in [1.54, 1.807) is 46.8 Å². The molecule has 0 bridgehead atoms. The average Bonchev–Trinajstić information content (AvgIpc) is 2.80. The molecule has 0 aliphatic carbocycles. The molecule has 11 heteroatoms. The largest absolute Gasteiger partial charge is 0.488 e. The fourth-order valence-corrected chi connectivity index (χ4v) is 3.67. The lowest BCUT2D eigenvalue weighted by Crippen LogP contribution is -2.56. The Balaban J connectivity index is 0.0000152. The molecule has 0 aliphatic heterocycles. The van der Waals surface area contributed by atoms with Crippen LogP contribution in [0.25, 0.3) is 0 Å². The summed E-state index contributed by atoms with van der Waals surface area (Å²) in [5.74, 6) is -1.60. The molecule has 228 valence electrons. The molecule has 2 amide bonds. The van der Waals surface area contributed by atoms with Gasteiger partial charge in [-0.2, -0.15) is 0 Å². The van der Waals surface area contributed by atoms with E-state index in [2.05, 4.69) is 10.6 Å². The van der Waals surface area contributed by atoms with Crippen LogP contribution in [-0.2, 0) is 35.1 Å². The van der Waals surface area contributed by atoms with E-state index in [1.807, 2.05) is 32.9 Å². The van der Waals surface area contributed by atoms with Crippen LogP contribution in [0.2, 0.25) is 0 Å². The van der Waals surface area contributed by atoms with Crippen molar-refractivity contribution in [1.82, 2.24) is 10.6 Å². The van der Waals surface area contributed by atoms with Gasteiger partial charge in [0.2, 0.25) is 11.8 Å². The number of benzene rings is 1. The first-order chi connectivity index (χ1) is 17.9. The van der Waals surface area contributed by atoms with Crippen molar-refractivity contribution in [1.29, 1.82) is 0 Å². The maximum atomic E-state index is 13.2. The Morgan fingerprint density at radius 2 is 1.48 bits per heavy atom. The first kappa shape index (κ1) is 37.1. The third kappa shape index (κ3) is 14.5. The first-order valence-corrected chi connectivity index (χ1v) is 13.4. The molecule has 0 aliphatic rings. The van der Waals surface area contributed by atoms with Crippen LogP contribution < -0.4 is 21.1 Å². The Hall–Kier alpha value is -2.85. The van der Waals surface area contributed by atoms with E-state index in [0.717, 1.165) is 5.56 Å². The van der Waals surface area contributed by atoms with Gasteiger partial charge in [-0.15, -0.1) is 12.4 Å². The quantitative estimate of drug-likeness (QED) is 0.298. The van der Waals surface area contributed by atoms with Crippen molar-refractivity contribution in [3.8, 4) is 5.75 Å². The summed E-state index contributed by atoms with van der Waals surface area (Å²) in [7, 11) is 1.25. The molecule has 0 saturated carbocycles. The van der Waals surface area contributed by atoms with Crippen molar-refractivity contribution in [2.24, 2.45) is 11.7 Å². The summed E-state index contributed by atoms with van der Waals surface area (Å²) in [4.78, 5) is 50.3. The third-order valence-electron chi connectivity index (χ3n) is 5.49. The van der Waals surface area contributed by atoms with E-state index in [1.165, 1.54) is 7.11 Å². The molecule has 3 atom stereocenters. The third-order valence-corrected chi connectivity index (χ3v) is 5.49. The summed E-state index contributed by atoms with van der Waals surface area (Å²) >= 11 is 0. The standard InChI is InChI=1S/C29H47N3O7.ClH/c1-18(2)24(32-25(34)21(30)11-10-12-23(33)39-29(6,7)8)26(35)31-22(27(36)37-9)17-19-13-15-20(16-14-19)38-28(3,4)5;/h13-16,18,21-22,24H,10-12,17,30H2,1-9H3,(H,31,35)(H,32,34);1H/t21-,22+,24+;/m1./s1. The van der Waals surface area contributed by atoms with Crippen molar-refractivity contribution < 1.29 is 33.4 Å². The highest BCUT2D eigenvalue weighted by Crippen LogP contribution is 2.19. The van der Waals surface area contributed by atoms with Crippen LogP contribution in [0.1, 0.15) is 80.2 Å². The number of hydrogen-bond acceptors (Lipinski definition) is 8. The predicted octanol–water partition coefficient (Wildman–Crippen LogP) is 3.47. The zero-order chi connectivity index (χ0) is 30.0. The molecule has 0 aromatic heterocycles. The van der Waals surface area contributed by atoms with Crippen molar-refractivity contribution in [2.45, 2.75) is 110 Å². The number of hydrogen-bond donors (Lipinski definition) is 3. The minimum atomic E-state index is -0.961. The van der Waals surface area contributed by atoms with Crippen LogP contribution >= 0.6 is 12.4 Å². The lowest BCUT2D eigenvalue weighted by Gasteiger charge is -2.26. The zero-order valence-electron chi connectivity index (χ0n) is 25.3. The summed E-state index contributed by atoms with van der Waals surface area (Å²) in [5, 5.41) is 5.40. The summed E-state index contributed by atoms with van der Waals surface area (Å²) in [6.07, 6.45) is 0.941. The summed E-state index contributed by atoms with van der Waals surface area (Å²) in [6, 6.07) is 4.45. The normalized spacial score (nSPS) is 13.8. The Bertz CT molecular complexity index is 969. The van der Waals surface area contributed by atoms with Gasteiger partial charge in [0.05, 0.1) is 13.2 Å². The molecule has 1 rings (SSSR count). The van der Waals surface area contributed by atoms with Crippen LogP contribution in [-0.4, -0.2) is 60.2 Å². The maximum Gasteiger partial charge on any atom is 0.328 e. The topological polar surface area (TPSA) is 146 Å². The van der Waals surface area contributed by atoms with Gasteiger partial charge in [-0.3, -0.25) is 14.4 Å². The van der Waals surface area contributed by atoms with Crippen LogP contribution in [0.3, 0.4) is 0 Å². The molecule has 1 aromatic rings. The second-order valence-electron chi connectivity index (χ2n) is 12.0. The average molecular weight is 586 g/mol. The summed E-state index contributed by atoms with van der Waals surface area (Å²) in [5.41, 5.74) is 5.89. The molecule has 0 radical (unpaired) electrons. The summed E-state index contributed by atoms with van der Waals surface area (Å²) < 4.78 is 16.0. The van der Waals surface area contributed by atoms with Gasteiger partial charge < -0.3 is 30.6 Å². The van der Waals surface area contributed by atoms with E-state index in [4.69, 9.17) is 19.9 Å². The Kier molecular flexibility index (Phi) is 15.3. The number of halogens is 1. The highest BCUT2D eigenvalue weighted by atomic mass is 35.5. The number of carbonyl (C=O) groups is 4. The lowest BCUT2D eigenvalue weighted by atomic mass is 10.0. The maximum absolute atomic E-state index is 13.2. The number of rotatable bonds is 13. The molecule has 4 N–H and O–H groups in total. The molecule has 10 nitrogen and oxygen atoms in total. The van der Waals surface area contributed by atoms with Crippen LogP contribution in [0.4, 0.5) is 0 Å². The second kappa shape index (κ2) is 16.4. The molecule has 0 spiro atoms. The van der Waals surface area contributed by atoms with E-state index in [-0.39, 0.29) is 49.2 Å². The van der Waals surface area contributed by atoms with Crippen LogP contribution in [0.5, 0.6) is 5.75 Å². The van der Waals surface area contributed by atoms with Crippen molar-refractivity contribution in [3.05, 3.63) is 29.8 Å². The van der Waals surface area contributed by atoms with Gasteiger partial charge >= 0.3 is 11.9 Å². The highest BCUT2D eigenvalue weighted by Gasteiger charge is 2.30. The molecular formula is C29H48ClN3O7. The van der Waals surface area contributed by atoms with Gasteiger partial charge in [-0.1, -0.05) is 26.0 Å². The Morgan fingerprint density at radius 3 is 1.95 bits per heavy atom. The van der Waals surface area contributed by atoms with Gasteiger partial charge in [0, 0.05) is 12.8 Å². The SMILES string of the molecule is COC(=O)[C@H](Cc1ccc(OC(C)(C)C)cc1)NC(=O)[C@@H](NC(=O)[C@H](N)CCCC(=O)OC(C)(C)C)C(C)C.Cl. The molecular weight excluding hydrogens is 538 g/mol. The van der Waals surface area contributed by atoms with E-state index >= 15 is 0 Å². The molecule has 0 fully saturated rings. The monoisotopic (exact) mass is 585 g/mol. The number of nitrogens with two attached hydrogens (primary N) is 1. The first-order valence-electron chi connectivity index (χ1n) is 13.4. The van der Waals surface area contributed by atoms with Crippen LogP contribution in [0.15, 0.2) is 24.3 Å². The number of ether oxygens (including phenoxy) is 3.